The van der Waals surface area contributed by atoms with E-state index in [1.54, 1.807) is 6.07 Å². The smallest absolute Gasteiger partial charge is 0.255 e. The Morgan fingerprint density at radius 2 is 2.22 bits per heavy atom. The second-order valence-electron chi connectivity index (χ2n) is 4.03. The van der Waals surface area contributed by atoms with Crippen LogP contribution in [0.15, 0.2) is 18.2 Å². The van der Waals surface area contributed by atoms with Gasteiger partial charge >= 0.3 is 0 Å². The van der Waals surface area contributed by atoms with Crippen molar-refractivity contribution >= 4 is 5.91 Å². The molecule has 0 aromatic heterocycles. The summed E-state index contributed by atoms with van der Waals surface area (Å²) >= 11 is 0. The lowest BCUT2D eigenvalue weighted by Gasteiger charge is -2.12. The average molecular weight is 253 g/mol. The molecule has 0 aliphatic heterocycles. The summed E-state index contributed by atoms with van der Waals surface area (Å²) in [6, 6.07) is 5.38. The first-order chi connectivity index (χ1) is 8.60. The zero-order valence-corrected chi connectivity index (χ0v) is 10.6. The van der Waals surface area contributed by atoms with Crippen LogP contribution >= 0.6 is 0 Å². The van der Waals surface area contributed by atoms with Gasteiger partial charge in [-0.05, 0) is 25.0 Å². The standard InChI is InChI=1S/C13H19NO4/c1-9-4-3-5-11(18-2)12(9)13(17)14-7-6-10(16)8-15/h3-5,10,15-16H,6-8H2,1-2H3,(H,14,17)/t10-/m1/s1. The normalized spacial score (nSPS) is 12.0. The highest BCUT2D eigenvalue weighted by molar-refractivity contribution is 5.98. The molecule has 3 N–H and O–H groups in total. The van der Waals surface area contributed by atoms with E-state index in [-0.39, 0.29) is 12.5 Å². The highest BCUT2D eigenvalue weighted by Crippen LogP contribution is 2.21. The van der Waals surface area contributed by atoms with Gasteiger partial charge in [-0.25, -0.2) is 0 Å². The van der Waals surface area contributed by atoms with Gasteiger partial charge < -0.3 is 20.3 Å². The Hall–Kier alpha value is -1.59. The highest BCUT2D eigenvalue weighted by Gasteiger charge is 2.14. The molecule has 1 aromatic rings. The van der Waals surface area contributed by atoms with Crippen LogP contribution in [0.4, 0.5) is 0 Å². The third-order valence-corrected chi connectivity index (χ3v) is 2.66. The molecule has 0 radical (unpaired) electrons. The topological polar surface area (TPSA) is 78.8 Å². The minimum absolute atomic E-state index is 0.241. The zero-order chi connectivity index (χ0) is 13.5. The third kappa shape index (κ3) is 3.72. The molecule has 0 heterocycles. The Balaban J connectivity index is 2.67. The number of aliphatic hydroxyl groups excluding tert-OH is 2. The molecule has 0 spiro atoms. The molecule has 0 aliphatic carbocycles. The second kappa shape index (κ2) is 6.98. The number of hydrogen-bond donors (Lipinski definition) is 3. The average Bonchev–Trinajstić information content (AvgIpc) is 2.37. The molecule has 0 saturated carbocycles. The van der Waals surface area contributed by atoms with Crippen LogP contribution in [0.2, 0.25) is 0 Å². The molecule has 100 valence electrons. The van der Waals surface area contributed by atoms with E-state index in [0.29, 0.717) is 24.3 Å². The summed E-state index contributed by atoms with van der Waals surface area (Å²) in [6.45, 7) is 1.83. The van der Waals surface area contributed by atoms with Crippen LogP contribution in [0.5, 0.6) is 5.75 Å². The highest BCUT2D eigenvalue weighted by atomic mass is 16.5. The van der Waals surface area contributed by atoms with Gasteiger partial charge in [-0.3, -0.25) is 4.79 Å². The molecule has 1 atom stereocenters. The van der Waals surface area contributed by atoms with E-state index >= 15 is 0 Å². The van der Waals surface area contributed by atoms with Gasteiger partial charge in [0.2, 0.25) is 0 Å². The number of amides is 1. The molecule has 0 aliphatic rings. The SMILES string of the molecule is COc1cccc(C)c1C(=O)NCC[C@@H](O)CO. The van der Waals surface area contributed by atoms with Crippen molar-refractivity contribution in [1.29, 1.82) is 0 Å². The minimum Gasteiger partial charge on any atom is -0.496 e. The van der Waals surface area contributed by atoms with Crippen molar-refractivity contribution in [2.75, 3.05) is 20.3 Å². The fourth-order valence-corrected chi connectivity index (χ4v) is 1.63. The zero-order valence-electron chi connectivity index (χ0n) is 10.6. The van der Waals surface area contributed by atoms with Crippen LogP contribution in [0.3, 0.4) is 0 Å². The number of benzene rings is 1. The number of aryl methyl sites for hydroxylation is 1. The van der Waals surface area contributed by atoms with Crippen LogP contribution in [-0.4, -0.2) is 42.5 Å². The lowest BCUT2D eigenvalue weighted by atomic mass is 10.1. The molecule has 5 nitrogen and oxygen atoms in total. The molecular weight excluding hydrogens is 234 g/mol. The number of rotatable bonds is 6. The van der Waals surface area contributed by atoms with Crippen molar-refractivity contribution in [3.63, 3.8) is 0 Å². The second-order valence-corrected chi connectivity index (χ2v) is 4.03. The van der Waals surface area contributed by atoms with Gasteiger partial charge in [0.15, 0.2) is 0 Å². The van der Waals surface area contributed by atoms with Crippen LogP contribution < -0.4 is 10.1 Å². The molecule has 0 saturated heterocycles. The largest absolute Gasteiger partial charge is 0.496 e. The van der Waals surface area contributed by atoms with Gasteiger partial charge in [0.05, 0.1) is 25.4 Å². The van der Waals surface area contributed by atoms with Crippen molar-refractivity contribution in [2.45, 2.75) is 19.4 Å². The van der Waals surface area contributed by atoms with Gasteiger partial charge in [0, 0.05) is 6.54 Å². The van der Waals surface area contributed by atoms with E-state index < -0.39 is 6.10 Å². The maximum absolute atomic E-state index is 12.0. The first-order valence-corrected chi connectivity index (χ1v) is 5.80. The maximum Gasteiger partial charge on any atom is 0.255 e. The molecule has 1 rings (SSSR count). The Morgan fingerprint density at radius 1 is 1.50 bits per heavy atom. The fourth-order valence-electron chi connectivity index (χ4n) is 1.63. The third-order valence-electron chi connectivity index (χ3n) is 2.66. The van der Waals surface area contributed by atoms with E-state index in [0.717, 1.165) is 5.56 Å². The molecule has 5 heteroatoms. The molecule has 0 bridgehead atoms. The van der Waals surface area contributed by atoms with Crippen molar-refractivity contribution in [2.24, 2.45) is 0 Å². The molecule has 0 fully saturated rings. The molecule has 0 unspecified atom stereocenters. The molecule has 1 amide bonds. The first kappa shape index (κ1) is 14.5. The van der Waals surface area contributed by atoms with E-state index in [1.807, 2.05) is 19.1 Å². The predicted molar refractivity (Wildman–Crippen MR) is 67.8 cm³/mol. The lowest BCUT2D eigenvalue weighted by Crippen LogP contribution is -2.29. The number of aliphatic hydroxyl groups is 2. The summed E-state index contributed by atoms with van der Waals surface area (Å²) < 4.78 is 5.15. The minimum atomic E-state index is -0.802. The van der Waals surface area contributed by atoms with Gasteiger partial charge in [-0.15, -0.1) is 0 Å². The summed E-state index contributed by atoms with van der Waals surface area (Å²) in [6.07, 6.45) is -0.486. The van der Waals surface area contributed by atoms with Crippen LogP contribution in [0, 0.1) is 6.92 Å². The van der Waals surface area contributed by atoms with E-state index in [2.05, 4.69) is 5.32 Å². The van der Waals surface area contributed by atoms with E-state index in [1.165, 1.54) is 7.11 Å². The van der Waals surface area contributed by atoms with E-state index in [4.69, 9.17) is 9.84 Å². The molecule has 18 heavy (non-hydrogen) atoms. The van der Waals surface area contributed by atoms with Crippen LogP contribution in [0.1, 0.15) is 22.3 Å². The number of carbonyl (C=O) groups excluding carboxylic acids is 1. The van der Waals surface area contributed by atoms with Gasteiger partial charge in [-0.1, -0.05) is 12.1 Å². The van der Waals surface area contributed by atoms with Crippen molar-refractivity contribution < 1.29 is 19.7 Å². The summed E-state index contributed by atoms with van der Waals surface area (Å²) in [5, 5.41) is 20.5. The Bertz CT molecular complexity index is 406. The lowest BCUT2D eigenvalue weighted by molar-refractivity contribution is 0.0833. The molecule has 1 aromatic carbocycles. The number of carbonyl (C=O) groups is 1. The van der Waals surface area contributed by atoms with Crippen LogP contribution in [0.25, 0.3) is 0 Å². The summed E-state index contributed by atoms with van der Waals surface area (Å²) in [5.41, 5.74) is 1.33. The van der Waals surface area contributed by atoms with E-state index in [9.17, 15) is 9.90 Å². The number of nitrogens with one attached hydrogen (secondary N) is 1. The quantitative estimate of drug-likeness (QED) is 0.689. The van der Waals surface area contributed by atoms with Crippen molar-refractivity contribution in [3.05, 3.63) is 29.3 Å². The molecular formula is C13H19NO4. The number of methoxy groups -OCH3 is 1. The summed E-state index contributed by atoms with van der Waals surface area (Å²) in [5.74, 6) is 0.283. The maximum atomic E-state index is 12.0. The Labute approximate surface area is 106 Å². The number of hydrogen-bond acceptors (Lipinski definition) is 4. The first-order valence-electron chi connectivity index (χ1n) is 5.80. The Kier molecular flexibility index (Phi) is 5.61. The fraction of sp³-hybridized carbons (Fsp3) is 0.462. The van der Waals surface area contributed by atoms with Crippen molar-refractivity contribution in [3.8, 4) is 5.75 Å². The van der Waals surface area contributed by atoms with Crippen LogP contribution in [-0.2, 0) is 0 Å². The Morgan fingerprint density at radius 3 is 2.83 bits per heavy atom. The van der Waals surface area contributed by atoms with Crippen molar-refractivity contribution in [1.82, 2.24) is 5.32 Å². The summed E-state index contributed by atoms with van der Waals surface area (Å²) in [7, 11) is 1.51. The summed E-state index contributed by atoms with van der Waals surface area (Å²) in [4.78, 5) is 12.0. The van der Waals surface area contributed by atoms with Gasteiger partial charge in [0.25, 0.3) is 5.91 Å². The van der Waals surface area contributed by atoms with Gasteiger partial charge in [0.1, 0.15) is 5.75 Å². The van der Waals surface area contributed by atoms with Gasteiger partial charge in [-0.2, -0.15) is 0 Å². The number of ether oxygens (including phenoxy) is 1. The predicted octanol–water partition coefficient (Wildman–Crippen LogP) is 0.477. The monoisotopic (exact) mass is 253 g/mol.